The summed E-state index contributed by atoms with van der Waals surface area (Å²) in [4.78, 5) is 9.85. The summed E-state index contributed by atoms with van der Waals surface area (Å²) >= 11 is 0. The molecule has 0 saturated heterocycles. The van der Waals surface area contributed by atoms with Gasteiger partial charge in [-0.05, 0) is 28.0 Å². The SMILES string of the molecule is NCc1c(-c2nc(Cc3ccccc3)nc3ccccc23)ccc2ccccc12. The largest absolute Gasteiger partial charge is 0.326 e. The molecule has 5 aromatic rings. The lowest BCUT2D eigenvalue weighted by Gasteiger charge is -2.14. The Labute approximate surface area is 169 Å². The van der Waals surface area contributed by atoms with E-state index < -0.39 is 0 Å². The van der Waals surface area contributed by atoms with Gasteiger partial charge in [0.15, 0.2) is 0 Å². The van der Waals surface area contributed by atoms with E-state index in [1.807, 2.05) is 30.3 Å². The molecule has 4 aromatic carbocycles. The van der Waals surface area contributed by atoms with Crippen molar-refractivity contribution in [1.29, 1.82) is 0 Å². The molecule has 0 aliphatic rings. The zero-order valence-electron chi connectivity index (χ0n) is 16.0. The zero-order valence-corrected chi connectivity index (χ0v) is 16.0. The van der Waals surface area contributed by atoms with Crippen LogP contribution in [-0.2, 0) is 13.0 Å². The summed E-state index contributed by atoms with van der Waals surface area (Å²) in [6.07, 6.45) is 0.699. The van der Waals surface area contributed by atoms with Gasteiger partial charge in [0.1, 0.15) is 5.82 Å². The number of fused-ring (bicyclic) bond motifs is 2. The fourth-order valence-electron chi connectivity index (χ4n) is 3.97. The lowest BCUT2D eigenvalue weighted by molar-refractivity contribution is 0.993. The van der Waals surface area contributed by atoms with Crippen molar-refractivity contribution < 1.29 is 0 Å². The summed E-state index contributed by atoms with van der Waals surface area (Å²) in [7, 11) is 0. The summed E-state index contributed by atoms with van der Waals surface area (Å²) in [6.45, 7) is 0.461. The molecule has 0 atom stereocenters. The van der Waals surface area contributed by atoms with Gasteiger partial charge in [-0.25, -0.2) is 9.97 Å². The van der Waals surface area contributed by atoms with Crippen molar-refractivity contribution in [2.24, 2.45) is 5.73 Å². The first kappa shape index (κ1) is 17.5. The Morgan fingerprint density at radius 3 is 2.21 bits per heavy atom. The minimum atomic E-state index is 0.461. The van der Waals surface area contributed by atoms with Crippen molar-refractivity contribution in [2.45, 2.75) is 13.0 Å². The summed E-state index contributed by atoms with van der Waals surface area (Å²) in [6, 6.07) is 31.2. The molecule has 0 bridgehead atoms. The molecular formula is C26H21N3. The number of hydrogen-bond donors (Lipinski definition) is 1. The van der Waals surface area contributed by atoms with E-state index in [9.17, 15) is 0 Å². The first-order valence-electron chi connectivity index (χ1n) is 9.84. The van der Waals surface area contributed by atoms with E-state index in [0.29, 0.717) is 13.0 Å². The van der Waals surface area contributed by atoms with Gasteiger partial charge in [0.25, 0.3) is 0 Å². The van der Waals surface area contributed by atoms with Gasteiger partial charge >= 0.3 is 0 Å². The molecule has 0 saturated carbocycles. The molecule has 0 amide bonds. The van der Waals surface area contributed by atoms with E-state index in [0.717, 1.165) is 33.5 Å². The highest BCUT2D eigenvalue weighted by Crippen LogP contribution is 2.33. The van der Waals surface area contributed by atoms with E-state index in [4.69, 9.17) is 15.7 Å². The molecule has 1 heterocycles. The van der Waals surface area contributed by atoms with Crippen LogP contribution in [0.1, 0.15) is 17.0 Å². The van der Waals surface area contributed by atoms with Gasteiger partial charge in [-0.3, -0.25) is 0 Å². The van der Waals surface area contributed by atoms with Gasteiger partial charge < -0.3 is 5.73 Å². The van der Waals surface area contributed by atoms with Crippen LogP contribution >= 0.6 is 0 Å². The van der Waals surface area contributed by atoms with Crippen LogP contribution in [0.25, 0.3) is 32.9 Å². The van der Waals surface area contributed by atoms with Gasteiger partial charge in [-0.1, -0.05) is 84.9 Å². The Hall–Kier alpha value is -3.56. The standard InChI is InChI=1S/C26H21N3/c27-17-23-20-11-5-4-10-19(20)14-15-21(23)26-22-12-6-7-13-24(22)28-25(29-26)16-18-8-2-1-3-9-18/h1-15H,16-17,27H2. The highest BCUT2D eigenvalue weighted by molar-refractivity contribution is 5.98. The van der Waals surface area contributed by atoms with E-state index >= 15 is 0 Å². The van der Waals surface area contributed by atoms with Crippen LogP contribution in [0, 0.1) is 0 Å². The van der Waals surface area contributed by atoms with Gasteiger partial charge in [0.05, 0.1) is 11.2 Å². The maximum Gasteiger partial charge on any atom is 0.134 e. The third kappa shape index (κ3) is 3.26. The number of nitrogens with two attached hydrogens (primary N) is 1. The lowest BCUT2D eigenvalue weighted by Crippen LogP contribution is -2.04. The topological polar surface area (TPSA) is 51.8 Å². The summed E-state index contributed by atoms with van der Waals surface area (Å²) in [5.41, 5.74) is 11.5. The van der Waals surface area contributed by atoms with E-state index in [1.165, 1.54) is 16.3 Å². The predicted octanol–water partition coefficient (Wildman–Crippen LogP) is 5.50. The second-order valence-corrected chi connectivity index (χ2v) is 7.18. The summed E-state index contributed by atoms with van der Waals surface area (Å²) in [5.74, 6) is 0.820. The quantitative estimate of drug-likeness (QED) is 0.451. The summed E-state index contributed by atoms with van der Waals surface area (Å²) < 4.78 is 0. The number of aromatic nitrogens is 2. The first-order chi connectivity index (χ1) is 14.3. The minimum absolute atomic E-state index is 0.461. The molecule has 2 N–H and O–H groups in total. The highest BCUT2D eigenvalue weighted by atomic mass is 14.9. The highest BCUT2D eigenvalue weighted by Gasteiger charge is 2.15. The van der Waals surface area contributed by atoms with Crippen LogP contribution in [0.2, 0.25) is 0 Å². The fourth-order valence-corrected chi connectivity index (χ4v) is 3.97. The number of hydrogen-bond acceptors (Lipinski definition) is 3. The molecule has 0 unspecified atom stereocenters. The average molecular weight is 375 g/mol. The number of para-hydroxylation sites is 1. The molecule has 29 heavy (non-hydrogen) atoms. The van der Waals surface area contributed by atoms with Crippen molar-refractivity contribution in [3.8, 4) is 11.3 Å². The Bertz CT molecular complexity index is 1310. The Morgan fingerprint density at radius 2 is 1.38 bits per heavy atom. The van der Waals surface area contributed by atoms with Crippen LogP contribution in [0.15, 0.2) is 91.0 Å². The average Bonchev–Trinajstić information content (AvgIpc) is 2.78. The molecule has 3 heteroatoms. The van der Waals surface area contributed by atoms with E-state index in [2.05, 4.69) is 60.7 Å². The van der Waals surface area contributed by atoms with Crippen molar-refractivity contribution >= 4 is 21.7 Å². The normalized spacial score (nSPS) is 11.2. The first-order valence-corrected chi connectivity index (χ1v) is 9.84. The van der Waals surface area contributed by atoms with Crippen molar-refractivity contribution in [3.05, 3.63) is 108 Å². The predicted molar refractivity (Wildman–Crippen MR) is 120 cm³/mol. The maximum atomic E-state index is 6.22. The molecule has 0 radical (unpaired) electrons. The zero-order chi connectivity index (χ0) is 19.6. The minimum Gasteiger partial charge on any atom is -0.326 e. The third-order valence-corrected chi connectivity index (χ3v) is 5.35. The van der Waals surface area contributed by atoms with Crippen molar-refractivity contribution in [2.75, 3.05) is 0 Å². The summed E-state index contributed by atoms with van der Waals surface area (Å²) in [5, 5.41) is 3.42. The Morgan fingerprint density at radius 1 is 0.655 bits per heavy atom. The van der Waals surface area contributed by atoms with Crippen LogP contribution in [-0.4, -0.2) is 9.97 Å². The number of nitrogens with zero attached hydrogens (tertiary/aromatic N) is 2. The number of benzene rings is 4. The van der Waals surface area contributed by atoms with Gasteiger partial charge in [-0.2, -0.15) is 0 Å². The van der Waals surface area contributed by atoms with Crippen LogP contribution in [0.3, 0.4) is 0 Å². The molecule has 0 aliphatic carbocycles. The smallest absolute Gasteiger partial charge is 0.134 e. The third-order valence-electron chi connectivity index (χ3n) is 5.35. The van der Waals surface area contributed by atoms with E-state index in [-0.39, 0.29) is 0 Å². The molecule has 3 nitrogen and oxygen atoms in total. The van der Waals surface area contributed by atoms with Crippen molar-refractivity contribution in [1.82, 2.24) is 9.97 Å². The Balaban J connectivity index is 1.75. The molecule has 0 spiro atoms. The van der Waals surface area contributed by atoms with Gasteiger partial charge in [0, 0.05) is 23.9 Å². The van der Waals surface area contributed by atoms with Crippen LogP contribution < -0.4 is 5.73 Å². The Kier molecular flexibility index (Phi) is 4.51. The molecule has 0 aliphatic heterocycles. The molecule has 140 valence electrons. The van der Waals surface area contributed by atoms with Gasteiger partial charge in [0.2, 0.25) is 0 Å². The van der Waals surface area contributed by atoms with E-state index in [1.54, 1.807) is 0 Å². The fraction of sp³-hybridized carbons (Fsp3) is 0.0769. The number of rotatable bonds is 4. The van der Waals surface area contributed by atoms with Gasteiger partial charge in [-0.15, -0.1) is 0 Å². The molecule has 0 fully saturated rings. The lowest BCUT2D eigenvalue weighted by atomic mass is 9.95. The van der Waals surface area contributed by atoms with Crippen LogP contribution in [0.4, 0.5) is 0 Å². The molecule has 5 rings (SSSR count). The maximum absolute atomic E-state index is 6.22. The van der Waals surface area contributed by atoms with Crippen molar-refractivity contribution in [3.63, 3.8) is 0 Å². The second-order valence-electron chi connectivity index (χ2n) is 7.18. The molecular weight excluding hydrogens is 354 g/mol. The monoisotopic (exact) mass is 375 g/mol. The molecule has 1 aromatic heterocycles. The van der Waals surface area contributed by atoms with Crippen LogP contribution in [0.5, 0.6) is 0 Å². The second kappa shape index (κ2) is 7.46.